The van der Waals surface area contributed by atoms with Crippen LogP contribution in [0.25, 0.3) is 0 Å². The molecule has 0 saturated heterocycles. The Morgan fingerprint density at radius 2 is 1.95 bits per heavy atom. The van der Waals surface area contributed by atoms with Crippen molar-refractivity contribution in [3.63, 3.8) is 0 Å². The van der Waals surface area contributed by atoms with Crippen LogP contribution in [-0.4, -0.2) is 47.6 Å². The molecule has 2 N–H and O–H groups in total. The first-order chi connectivity index (χ1) is 9.06. The fraction of sp³-hybridized carbons (Fsp3) is 0.857. The van der Waals surface area contributed by atoms with E-state index >= 15 is 0 Å². The number of hydrogen-bond acceptors (Lipinski definition) is 3. The van der Waals surface area contributed by atoms with Crippen LogP contribution in [0.4, 0.5) is 0 Å². The van der Waals surface area contributed by atoms with Crippen LogP contribution in [0.3, 0.4) is 0 Å². The summed E-state index contributed by atoms with van der Waals surface area (Å²) in [5.41, 5.74) is 0. The third-order valence-corrected chi connectivity index (χ3v) is 3.65. The normalized spacial score (nSPS) is 15.8. The second kappa shape index (κ2) is 8.15. The highest BCUT2D eigenvalue weighted by atomic mass is 16.3. The standard InChI is InChI=1S/C14H26N2O3/c1-11(2)16(9-10-17)13(18)7-8-15-14(19)12-5-3-4-6-12/h11-12,17H,3-10H2,1-2H3,(H,15,19). The van der Waals surface area contributed by atoms with E-state index in [0.717, 1.165) is 25.7 Å². The van der Waals surface area contributed by atoms with Gasteiger partial charge in [0.05, 0.1) is 6.61 Å². The zero-order valence-corrected chi connectivity index (χ0v) is 12.0. The quantitative estimate of drug-likeness (QED) is 0.722. The predicted molar refractivity (Wildman–Crippen MR) is 73.5 cm³/mol. The van der Waals surface area contributed by atoms with E-state index in [9.17, 15) is 9.59 Å². The molecule has 1 aliphatic rings. The molecule has 0 aromatic rings. The Morgan fingerprint density at radius 1 is 1.32 bits per heavy atom. The number of carbonyl (C=O) groups excluding carboxylic acids is 2. The summed E-state index contributed by atoms with van der Waals surface area (Å²) < 4.78 is 0. The van der Waals surface area contributed by atoms with Crippen molar-refractivity contribution in [1.82, 2.24) is 10.2 Å². The lowest BCUT2D eigenvalue weighted by Gasteiger charge is -2.26. The van der Waals surface area contributed by atoms with E-state index < -0.39 is 0 Å². The molecule has 0 bridgehead atoms. The summed E-state index contributed by atoms with van der Waals surface area (Å²) in [4.78, 5) is 25.4. The molecule has 0 aromatic heterocycles. The Labute approximate surface area is 115 Å². The van der Waals surface area contributed by atoms with Crippen molar-refractivity contribution in [3.05, 3.63) is 0 Å². The predicted octanol–water partition coefficient (Wildman–Crippen LogP) is 0.912. The van der Waals surface area contributed by atoms with Gasteiger partial charge in [-0.1, -0.05) is 12.8 Å². The van der Waals surface area contributed by atoms with Gasteiger partial charge in [-0.05, 0) is 26.7 Å². The molecule has 0 atom stereocenters. The highest BCUT2D eigenvalue weighted by Gasteiger charge is 2.22. The summed E-state index contributed by atoms with van der Waals surface area (Å²) in [5.74, 6) is 0.216. The molecular weight excluding hydrogens is 244 g/mol. The molecule has 1 aliphatic carbocycles. The van der Waals surface area contributed by atoms with Gasteiger partial charge in [0.25, 0.3) is 0 Å². The van der Waals surface area contributed by atoms with Crippen molar-refractivity contribution in [2.75, 3.05) is 19.7 Å². The molecule has 0 aliphatic heterocycles. The van der Waals surface area contributed by atoms with Crippen LogP contribution in [0.1, 0.15) is 46.0 Å². The van der Waals surface area contributed by atoms with Crippen molar-refractivity contribution in [1.29, 1.82) is 0 Å². The minimum atomic E-state index is -0.0294. The first kappa shape index (κ1) is 16.0. The molecule has 110 valence electrons. The van der Waals surface area contributed by atoms with Crippen LogP contribution in [0.2, 0.25) is 0 Å². The maximum absolute atomic E-state index is 11.9. The second-order valence-corrected chi connectivity index (χ2v) is 5.43. The first-order valence-electron chi connectivity index (χ1n) is 7.24. The highest BCUT2D eigenvalue weighted by Crippen LogP contribution is 2.24. The van der Waals surface area contributed by atoms with Gasteiger partial charge in [-0.15, -0.1) is 0 Å². The molecular formula is C14H26N2O3. The number of amides is 2. The molecule has 0 unspecified atom stereocenters. The van der Waals surface area contributed by atoms with Crippen molar-refractivity contribution in [2.24, 2.45) is 5.92 Å². The number of nitrogens with zero attached hydrogens (tertiary/aromatic N) is 1. The van der Waals surface area contributed by atoms with E-state index in [1.54, 1.807) is 4.90 Å². The molecule has 1 saturated carbocycles. The smallest absolute Gasteiger partial charge is 0.224 e. The molecule has 0 radical (unpaired) electrons. The van der Waals surface area contributed by atoms with Crippen LogP contribution in [0, 0.1) is 5.92 Å². The largest absolute Gasteiger partial charge is 0.395 e. The average Bonchev–Trinajstić information content (AvgIpc) is 2.89. The lowest BCUT2D eigenvalue weighted by Crippen LogP contribution is -2.41. The van der Waals surface area contributed by atoms with E-state index in [0.29, 0.717) is 19.5 Å². The van der Waals surface area contributed by atoms with Crippen molar-refractivity contribution < 1.29 is 14.7 Å². The lowest BCUT2D eigenvalue weighted by molar-refractivity contribution is -0.133. The molecule has 2 amide bonds. The Balaban J connectivity index is 2.26. The molecule has 19 heavy (non-hydrogen) atoms. The van der Waals surface area contributed by atoms with Crippen LogP contribution in [0.5, 0.6) is 0 Å². The van der Waals surface area contributed by atoms with E-state index in [1.165, 1.54) is 0 Å². The maximum atomic E-state index is 11.9. The molecule has 5 nitrogen and oxygen atoms in total. The zero-order valence-electron chi connectivity index (χ0n) is 12.0. The fourth-order valence-electron chi connectivity index (χ4n) is 2.55. The van der Waals surface area contributed by atoms with E-state index in [-0.39, 0.29) is 30.4 Å². The fourth-order valence-corrected chi connectivity index (χ4v) is 2.55. The third kappa shape index (κ3) is 5.19. The number of carbonyl (C=O) groups is 2. The van der Waals surface area contributed by atoms with Gasteiger partial charge in [-0.25, -0.2) is 0 Å². The number of hydrogen-bond donors (Lipinski definition) is 2. The van der Waals surface area contributed by atoms with Gasteiger partial charge in [-0.2, -0.15) is 0 Å². The first-order valence-corrected chi connectivity index (χ1v) is 7.24. The summed E-state index contributed by atoms with van der Waals surface area (Å²) in [6, 6.07) is 0.0742. The summed E-state index contributed by atoms with van der Waals surface area (Å²) in [7, 11) is 0. The minimum Gasteiger partial charge on any atom is -0.395 e. The van der Waals surface area contributed by atoms with Gasteiger partial charge < -0.3 is 15.3 Å². The van der Waals surface area contributed by atoms with Gasteiger partial charge >= 0.3 is 0 Å². The SMILES string of the molecule is CC(C)N(CCO)C(=O)CCNC(=O)C1CCCC1. The summed E-state index contributed by atoms with van der Waals surface area (Å²) in [5, 5.41) is 11.8. The summed E-state index contributed by atoms with van der Waals surface area (Å²) in [6.45, 7) is 4.56. The highest BCUT2D eigenvalue weighted by molar-refractivity contribution is 5.80. The Hall–Kier alpha value is -1.10. The number of aliphatic hydroxyl groups excluding tert-OH is 1. The second-order valence-electron chi connectivity index (χ2n) is 5.43. The lowest BCUT2D eigenvalue weighted by atomic mass is 10.1. The number of aliphatic hydroxyl groups is 1. The minimum absolute atomic E-state index is 0.0178. The van der Waals surface area contributed by atoms with Gasteiger partial charge in [0.1, 0.15) is 0 Å². The van der Waals surface area contributed by atoms with Crippen LogP contribution in [0.15, 0.2) is 0 Å². The molecule has 1 rings (SSSR count). The number of nitrogens with one attached hydrogen (secondary N) is 1. The van der Waals surface area contributed by atoms with Crippen molar-refractivity contribution in [2.45, 2.75) is 52.0 Å². The Bertz CT molecular complexity index is 299. The van der Waals surface area contributed by atoms with Crippen LogP contribution < -0.4 is 5.32 Å². The van der Waals surface area contributed by atoms with Crippen LogP contribution >= 0.6 is 0 Å². The monoisotopic (exact) mass is 270 g/mol. The van der Waals surface area contributed by atoms with E-state index in [2.05, 4.69) is 5.32 Å². The Morgan fingerprint density at radius 3 is 2.47 bits per heavy atom. The van der Waals surface area contributed by atoms with Crippen molar-refractivity contribution in [3.8, 4) is 0 Å². The van der Waals surface area contributed by atoms with Gasteiger partial charge in [-0.3, -0.25) is 9.59 Å². The molecule has 0 aromatic carbocycles. The molecule has 5 heteroatoms. The molecule has 0 spiro atoms. The van der Waals surface area contributed by atoms with E-state index in [1.807, 2.05) is 13.8 Å². The zero-order chi connectivity index (χ0) is 14.3. The maximum Gasteiger partial charge on any atom is 0.224 e. The van der Waals surface area contributed by atoms with Gasteiger partial charge in [0.15, 0.2) is 0 Å². The topological polar surface area (TPSA) is 69.6 Å². The molecule has 0 heterocycles. The number of rotatable bonds is 7. The summed E-state index contributed by atoms with van der Waals surface area (Å²) >= 11 is 0. The van der Waals surface area contributed by atoms with E-state index in [4.69, 9.17) is 5.11 Å². The molecule has 1 fully saturated rings. The van der Waals surface area contributed by atoms with Crippen molar-refractivity contribution >= 4 is 11.8 Å². The third-order valence-electron chi connectivity index (χ3n) is 3.65. The summed E-state index contributed by atoms with van der Waals surface area (Å²) in [6.07, 6.45) is 4.52. The van der Waals surface area contributed by atoms with Gasteiger partial charge in [0.2, 0.25) is 11.8 Å². The average molecular weight is 270 g/mol. The van der Waals surface area contributed by atoms with Gasteiger partial charge in [0, 0.05) is 31.5 Å². The Kier molecular flexibility index (Phi) is 6.84. The van der Waals surface area contributed by atoms with Crippen LogP contribution in [-0.2, 0) is 9.59 Å².